The Morgan fingerprint density at radius 1 is 0.892 bits per heavy atom. The molecule has 4 aromatic rings. The topological polar surface area (TPSA) is 96.9 Å². The summed E-state index contributed by atoms with van der Waals surface area (Å²) < 4.78 is 38.4. The number of aromatic nitrogens is 1. The van der Waals surface area contributed by atoms with Gasteiger partial charge in [-0.15, -0.1) is 0 Å². The predicted octanol–water partition coefficient (Wildman–Crippen LogP) is 5.03. The van der Waals surface area contributed by atoms with Gasteiger partial charge in [0.15, 0.2) is 5.76 Å². The third-order valence-corrected chi connectivity index (χ3v) is 8.14. The first-order chi connectivity index (χ1) is 17.6. The van der Waals surface area contributed by atoms with Crippen LogP contribution in [0.2, 0.25) is 0 Å². The van der Waals surface area contributed by atoms with Crippen LogP contribution in [0.5, 0.6) is 0 Å². The number of nitrogens with zero attached hydrogens (tertiary/aromatic N) is 3. The van der Waals surface area contributed by atoms with Crippen molar-refractivity contribution in [2.24, 2.45) is 0 Å². The number of hydrogen-bond donors (Lipinski definition) is 0. The predicted molar refractivity (Wildman–Crippen MR) is 139 cm³/mol. The second-order valence-corrected chi connectivity index (χ2v) is 11.9. The molecule has 3 heterocycles. The number of amides is 1. The lowest BCUT2D eigenvalue weighted by atomic mass is 9.86. The van der Waals surface area contributed by atoms with E-state index in [9.17, 15) is 13.2 Å². The number of hydrogen-bond acceptors (Lipinski definition) is 7. The van der Waals surface area contributed by atoms with Crippen molar-refractivity contribution in [3.63, 3.8) is 0 Å². The fourth-order valence-electron chi connectivity index (χ4n) is 4.30. The highest BCUT2D eigenvalue weighted by molar-refractivity contribution is 7.91. The number of benzene rings is 2. The second kappa shape index (κ2) is 9.55. The normalized spacial score (nSPS) is 14.7. The van der Waals surface area contributed by atoms with Crippen LogP contribution >= 0.6 is 0 Å². The Morgan fingerprint density at radius 3 is 2.16 bits per heavy atom. The Hall–Kier alpha value is -3.85. The monoisotopic (exact) mass is 519 g/mol. The number of furan rings is 1. The zero-order chi connectivity index (χ0) is 26.2. The van der Waals surface area contributed by atoms with E-state index < -0.39 is 9.84 Å². The van der Waals surface area contributed by atoms with E-state index in [4.69, 9.17) is 8.83 Å². The Morgan fingerprint density at radius 2 is 1.57 bits per heavy atom. The molecule has 0 aliphatic carbocycles. The molecule has 2 aromatic heterocycles. The van der Waals surface area contributed by atoms with Crippen molar-refractivity contribution in [2.75, 3.05) is 31.1 Å². The summed E-state index contributed by atoms with van der Waals surface area (Å²) in [5.41, 5.74) is 1.81. The maximum atomic E-state index is 13.5. The molecule has 0 N–H and O–H groups in total. The molecule has 1 aliphatic heterocycles. The number of oxazole rings is 1. The van der Waals surface area contributed by atoms with Gasteiger partial charge in [0.25, 0.3) is 11.8 Å². The van der Waals surface area contributed by atoms with Crippen molar-refractivity contribution in [1.82, 2.24) is 9.88 Å². The smallest absolute Gasteiger partial charge is 0.266 e. The zero-order valence-corrected chi connectivity index (χ0v) is 21.9. The van der Waals surface area contributed by atoms with Crippen LogP contribution < -0.4 is 4.90 Å². The van der Waals surface area contributed by atoms with Crippen LogP contribution in [0.4, 0.5) is 5.88 Å². The van der Waals surface area contributed by atoms with Crippen molar-refractivity contribution >= 4 is 21.6 Å². The van der Waals surface area contributed by atoms with E-state index in [2.05, 4.69) is 25.8 Å². The molecule has 192 valence electrons. The average molecular weight is 520 g/mol. The molecule has 2 aromatic carbocycles. The van der Waals surface area contributed by atoms with E-state index >= 15 is 0 Å². The molecule has 0 saturated carbocycles. The highest BCUT2D eigenvalue weighted by Crippen LogP contribution is 2.35. The molecule has 0 atom stereocenters. The maximum Gasteiger partial charge on any atom is 0.266 e. The molecule has 0 spiro atoms. The van der Waals surface area contributed by atoms with Gasteiger partial charge in [-0.2, -0.15) is 4.98 Å². The van der Waals surface area contributed by atoms with Crippen LogP contribution in [0.25, 0.3) is 11.7 Å². The molecule has 5 rings (SSSR count). The number of sulfone groups is 1. The van der Waals surface area contributed by atoms with Crippen LogP contribution in [0.15, 0.2) is 91.7 Å². The Labute approximate surface area is 216 Å². The summed E-state index contributed by atoms with van der Waals surface area (Å²) in [6.07, 6.45) is 1.48. The van der Waals surface area contributed by atoms with E-state index in [1.54, 1.807) is 35.2 Å². The lowest BCUT2D eigenvalue weighted by molar-refractivity contribution is 0.0745. The van der Waals surface area contributed by atoms with Gasteiger partial charge in [0, 0.05) is 31.7 Å². The molecule has 0 unspecified atom stereocenters. The fraction of sp³-hybridized carbons (Fsp3) is 0.286. The maximum absolute atomic E-state index is 13.5. The largest absolute Gasteiger partial charge is 0.459 e. The summed E-state index contributed by atoms with van der Waals surface area (Å²) in [4.78, 5) is 21.2. The van der Waals surface area contributed by atoms with Gasteiger partial charge in [0.2, 0.25) is 20.7 Å². The summed E-state index contributed by atoms with van der Waals surface area (Å²) in [7, 11) is -3.95. The number of anilines is 1. The van der Waals surface area contributed by atoms with Crippen LogP contribution in [-0.2, 0) is 15.3 Å². The van der Waals surface area contributed by atoms with Crippen molar-refractivity contribution < 1.29 is 22.0 Å². The second-order valence-electron chi connectivity index (χ2n) is 10.0. The zero-order valence-electron chi connectivity index (χ0n) is 21.0. The van der Waals surface area contributed by atoms with Gasteiger partial charge in [0.1, 0.15) is 0 Å². The van der Waals surface area contributed by atoms with E-state index in [1.807, 2.05) is 29.2 Å². The molecule has 1 amide bonds. The SMILES string of the molecule is CC(C)(C)c1ccc(C(=O)N2CCN(c3oc(-c4ccco4)nc3S(=O)(=O)c3ccccc3)CC2)cc1. The van der Waals surface area contributed by atoms with Crippen molar-refractivity contribution in [3.05, 3.63) is 84.1 Å². The number of carbonyl (C=O) groups is 1. The van der Waals surface area contributed by atoms with Crippen LogP contribution in [-0.4, -0.2) is 50.4 Å². The minimum atomic E-state index is -3.95. The Balaban J connectivity index is 1.39. The lowest BCUT2D eigenvalue weighted by Crippen LogP contribution is -2.49. The fourth-order valence-corrected chi connectivity index (χ4v) is 5.64. The van der Waals surface area contributed by atoms with Gasteiger partial charge in [-0.3, -0.25) is 4.79 Å². The quantitative estimate of drug-likeness (QED) is 0.365. The molecule has 9 heteroatoms. The van der Waals surface area contributed by atoms with Crippen molar-refractivity contribution in [3.8, 4) is 11.7 Å². The first-order valence-electron chi connectivity index (χ1n) is 12.1. The molecule has 8 nitrogen and oxygen atoms in total. The summed E-state index contributed by atoms with van der Waals surface area (Å²) in [6, 6.07) is 19.2. The summed E-state index contributed by atoms with van der Waals surface area (Å²) in [5, 5.41) is -0.164. The summed E-state index contributed by atoms with van der Waals surface area (Å²) in [6.45, 7) is 8.04. The standard InChI is InChI=1S/C28H29N3O5S/c1-28(2,3)21-13-11-20(12-14-21)26(32)30-15-17-31(18-16-30)27-25(29-24(36-27)23-10-7-19-35-23)37(33,34)22-8-5-4-6-9-22/h4-14,19H,15-18H2,1-3H3. The minimum Gasteiger partial charge on any atom is -0.459 e. The lowest BCUT2D eigenvalue weighted by Gasteiger charge is -2.34. The van der Waals surface area contributed by atoms with Gasteiger partial charge < -0.3 is 18.6 Å². The third kappa shape index (κ3) is 4.91. The molecule has 1 aliphatic rings. The minimum absolute atomic E-state index is 0.0105. The molecular formula is C28H29N3O5S. The van der Waals surface area contributed by atoms with Crippen LogP contribution in [0.3, 0.4) is 0 Å². The molecule has 1 fully saturated rings. The van der Waals surface area contributed by atoms with E-state index in [0.29, 0.717) is 37.5 Å². The molecule has 1 saturated heterocycles. The molecule has 0 radical (unpaired) electrons. The summed E-state index contributed by atoms with van der Waals surface area (Å²) >= 11 is 0. The Kier molecular flexibility index (Phi) is 6.41. The van der Waals surface area contributed by atoms with E-state index in [0.717, 1.165) is 0 Å². The highest BCUT2D eigenvalue weighted by Gasteiger charge is 2.34. The van der Waals surface area contributed by atoms with E-state index in [1.165, 1.54) is 24.0 Å². The van der Waals surface area contributed by atoms with Gasteiger partial charge in [-0.05, 0) is 47.4 Å². The number of carbonyl (C=O) groups excluding carboxylic acids is 1. The van der Waals surface area contributed by atoms with Gasteiger partial charge >= 0.3 is 0 Å². The Bertz CT molecular complexity index is 1480. The van der Waals surface area contributed by atoms with Gasteiger partial charge in [0.05, 0.1) is 11.2 Å². The number of rotatable bonds is 5. The van der Waals surface area contributed by atoms with Crippen molar-refractivity contribution in [1.29, 1.82) is 0 Å². The average Bonchev–Trinajstić information content (AvgIpc) is 3.59. The first kappa shape index (κ1) is 24.8. The first-order valence-corrected chi connectivity index (χ1v) is 13.6. The molecule has 0 bridgehead atoms. The molecular weight excluding hydrogens is 490 g/mol. The van der Waals surface area contributed by atoms with Crippen LogP contribution in [0, 0.1) is 0 Å². The molecule has 37 heavy (non-hydrogen) atoms. The van der Waals surface area contributed by atoms with Gasteiger partial charge in [-0.1, -0.05) is 51.1 Å². The van der Waals surface area contributed by atoms with E-state index in [-0.39, 0.29) is 33.0 Å². The highest BCUT2D eigenvalue weighted by atomic mass is 32.2. The van der Waals surface area contributed by atoms with Crippen LogP contribution in [0.1, 0.15) is 36.7 Å². The summed E-state index contributed by atoms with van der Waals surface area (Å²) in [5.74, 6) is 0.526. The third-order valence-electron chi connectivity index (χ3n) is 6.47. The number of piperazine rings is 1. The van der Waals surface area contributed by atoms with Gasteiger partial charge in [-0.25, -0.2) is 8.42 Å². The van der Waals surface area contributed by atoms with Crippen molar-refractivity contribution in [2.45, 2.75) is 36.1 Å².